The van der Waals surface area contributed by atoms with Gasteiger partial charge in [-0.05, 0) is 69.6 Å². The van der Waals surface area contributed by atoms with Crippen LogP contribution in [0.2, 0.25) is 0 Å². The zero-order chi connectivity index (χ0) is 24.1. The standard InChI is InChI=1S/C23H33N3O5S2/c1-4-32(27,28)25-19-12-13-23(18(2)16-19)33(29,30)24-17-21(26-14-8-5-9-15-26)20-10-6-7-11-22(20)31-3/h6-7,10-13,16,21,24-25H,4-5,8-9,14-15,17H2,1-3H3/t21-/m1/s1. The monoisotopic (exact) mass is 495 g/mol. The smallest absolute Gasteiger partial charge is 0.240 e. The van der Waals surface area contributed by atoms with Crippen molar-refractivity contribution < 1.29 is 21.6 Å². The maximum Gasteiger partial charge on any atom is 0.240 e. The van der Waals surface area contributed by atoms with Crippen LogP contribution in [0.15, 0.2) is 47.4 Å². The highest BCUT2D eigenvalue weighted by Crippen LogP contribution is 2.31. The molecule has 1 aliphatic rings. The Balaban J connectivity index is 1.83. The van der Waals surface area contributed by atoms with Crippen molar-refractivity contribution in [2.24, 2.45) is 0 Å². The van der Waals surface area contributed by atoms with Crippen molar-refractivity contribution in [1.82, 2.24) is 9.62 Å². The number of rotatable bonds is 10. The number of methoxy groups -OCH3 is 1. The molecule has 0 aromatic heterocycles. The highest BCUT2D eigenvalue weighted by atomic mass is 32.2. The van der Waals surface area contributed by atoms with Crippen LogP contribution >= 0.6 is 0 Å². The van der Waals surface area contributed by atoms with Gasteiger partial charge in [-0.25, -0.2) is 21.6 Å². The Bertz CT molecular complexity index is 1160. The van der Waals surface area contributed by atoms with E-state index in [2.05, 4.69) is 14.3 Å². The van der Waals surface area contributed by atoms with E-state index in [1.165, 1.54) is 24.6 Å². The maximum absolute atomic E-state index is 13.2. The zero-order valence-corrected chi connectivity index (χ0v) is 21.0. The molecule has 1 atom stereocenters. The average molecular weight is 496 g/mol. The molecule has 2 aromatic rings. The summed E-state index contributed by atoms with van der Waals surface area (Å²) in [6.45, 7) is 5.19. The van der Waals surface area contributed by atoms with E-state index in [1.807, 2.05) is 24.3 Å². The summed E-state index contributed by atoms with van der Waals surface area (Å²) in [5, 5.41) is 0. The lowest BCUT2D eigenvalue weighted by atomic mass is 10.0. The summed E-state index contributed by atoms with van der Waals surface area (Å²) in [7, 11) is -5.64. The third-order valence-corrected chi connectivity index (χ3v) is 8.80. The number of hydrogen-bond donors (Lipinski definition) is 2. The second-order valence-corrected chi connectivity index (χ2v) is 11.9. The molecule has 0 radical (unpaired) electrons. The van der Waals surface area contributed by atoms with E-state index in [1.54, 1.807) is 21.0 Å². The second-order valence-electron chi connectivity index (χ2n) is 8.19. The molecule has 3 rings (SSSR count). The van der Waals surface area contributed by atoms with Gasteiger partial charge in [-0.15, -0.1) is 0 Å². The Hall–Kier alpha value is -2.14. The molecular weight excluding hydrogens is 462 g/mol. The van der Waals surface area contributed by atoms with Crippen LogP contribution in [0.4, 0.5) is 5.69 Å². The number of sulfonamides is 2. The Labute approximate surface area is 197 Å². The summed E-state index contributed by atoms with van der Waals surface area (Å²) in [6.07, 6.45) is 3.33. The molecule has 2 aromatic carbocycles. The van der Waals surface area contributed by atoms with Gasteiger partial charge in [-0.3, -0.25) is 9.62 Å². The lowest BCUT2D eigenvalue weighted by Crippen LogP contribution is -2.40. The quantitative estimate of drug-likeness (QED) is 0.524. The molecule has 2 N–H and O–H groups in total. The molecule has 1 heterocycles. The van der Waals surface area contributed by atoms with Crippen molar-refractivity contribution in [2.45, 2.75) is 44.0 Å². The summed E-state index contributed by atoms with van der Waals surface area (Å²) in [4.78, 5) is 2.43. The van der Waals surface area contributed by atoms with Gasteiger partial charge in [0.2, 0.25) is 20.0 Å². The second kappa shape index (κ2) is 10.9. The lowest BCUT2D eigenvalue weighted by molar-refractivity contribution is 0.162. The SMILES string of the molecule is CCS(=O)(=O)Nc1ccc(S(=O)(=O)NC[C@H](c2ccccc2OC)N2CCCCC2)c(C)c1. The van der Waals surface area contributed by atoms with Crippen molar-refractivity contribution in [3.8, 4) is 5.75 Å². The highest BCUT2D eigenvalue weighted by Gasteiger charge is 2.27. The molecule has 10 heteroatoms. The van der Waals surface area contributed by atoms with Gasteiger partial charge in [0, 0.05) is 17.8 Å². The number of benzene rings is 2. The molecule has 8 nitrogen and oxygen atoms in total. The fraction of sp³-hybridized carbons (Fsp3) is 0.478. The van der Waals surface area contributed by atoms with Crippen LogP contribution in [-0.2, 0) is 20.0 Å². The van der Waals surface area contributed by atoms with E-state index < -0.39 is 20.0 Å². The van der Waals surface area contributed by atoms with E-state index in [0.717, 1.165) is 37.2 Å². The van der Waals surface area contributed by atoms with E-state index in [-0.39, 0.29) is 23.2 Å². The molecule has 0 aliphatic carbocycles. The van der Waals surface area contributed by atoms with Crippen LogP contribution < -0.4 is 14.2 Å². The first kappa shape index (κ1) is 25.5. The highest BCUT2D eigenvalue weighted by molar-refractivity contribution is 7.92. The number of ether oxygens (including phenoxy) is 1. The van der Waals surface area contributed by atoms with E-state index in [0.29, 0.717) is 11.3 Å². The van der Waals surface area contributed by atoms with Crippen molar-refractivity contribution in [3.63, 3.8) is 0 Å². The molecule has 33 heavy (non-hydrogen) atoms. The number of hydrogen-bond acceptors (Lipinski definition) is 6. The fourth-order valence-electron chi connectivity index (χ4n) is 4.14. The third-order valence-electron chi connectivity index (χ3n) is 5.91. The Kier molecular flexibility index (Phi) is 8.38. The van der Waals surface area contributed by atoms with Crippen molar-refractivity contribution >= 4 is 25.7 Å². The Morgan fingerprint density at radius 3 is 2.36 bits per heavy atom. The molecule has 182 valence electrons. The Morgan fingerprint density at radius 1 is 1.03 bits per heavy atom. The predicted molar refractivity (Wildman–Crippen MR) is 131 cm³/mol. The Morgan fingerprint density at radius 2 is 1.73 bits per heavy atom. The molecule has 1 fully saturated rings. The van der Waals surface area contributed by atoms with E-state index in [9.17, 15) is 16.8 Å². The maximum atomic E-state index is 13.2. The number of nitrogens with zero attached hydrogens (tertiary/aromatic N) is 1. The molecule has 1 aliphatic heterocycles. The molecule has 0 spiro atoms. The van der Waals surface area contributed by atoms with Crippen LogP contribution in [0.1, 0.15) is 43.4 Å². The van der Waals surface area contributed by atoms with Gasteiger partial charge in [-0.1, -0.05) is 24.6 Å². The predicted octanol–water partition coefficient (Wildman–Crippen LogP) is 3.27. The number of anilines is 1. The first-order chi connectivity index (χ1) is 15.7. The fourth-order valence-corrected chi connectivity index (χ4v) is 6.03. The average Bonchev–Trinajstić information content (AvgIpc) is 2.80. The van der Waals surface area contributed by atoms with E-state index in [4.69, 9.17) is 4.74 Å². The lowest BCUT2D eigenvalue weighted by Gasteiger charge is -2.35. The summed E-state index contributed by atoms with van der Waals surface area (Å²) < 4.78 is 60.8. The van der Waals surface area contributed by atoms with Gasteiger partial charge in [0.25, 0.3) is 0 Å². The van der Waals surface area contributed by atoms with Crippen LogP contribution in [-0.4, -0.2) is 54.2 Å². The number of nitrogens with one attached hydrogen (secondary N) is 2. The molecular formula is C23H33N3O5S2. The molecule has 1 saturated heterocycles. The van der Waals surface area contributed by atoms with E-state index >= 15 is 0 Å². The summed E-state index contributed by atoms with van der Waals surface area (Å²) in [5.74, 6) is 0.671. The minimum absolute atomic E-state index is 0.0610. The van der Waals surface area contributed by atoms with Crippen molar-refractivity contribution in [2.75, 3.05) is 37.2 Å². The van der Waals surface area contributed by atoms with Gasteiger partial charge in [-0.2, -0.15) is 0 Å². The number of piperidine rings is 1. The minimum Gasteiger partial charge on any atom is -0.496 e. The van der Waals surface area contributed by atoms with Crippen LogP contribution in [0.5, 0.6) is 5.75 Å². The van der Waals surface area contributed by atoms with Crippen molar-refractivity contribution in [3.05, 3.63) is 53.6 Å². The number of aryl methyl sites for hydroxylation is 1. The molecule has 0 saturated carbocycles. The van der Waals surface area contributed by atoms with Gasteiger partial charge >= 0.3 is 0 Å². The van der Waals surface area contributed by atoms with Gasteiger partial charge < -0.3 is 4.74 Å². The molecule has 0 unspecified atom stereocenters. The van der Waals surface area contributed by atoms with Crippen LogP contribution in [0.25, 0.3) is 0 Å². The zero-order valence-electron chi connectivity index (χ0n) is 19.4. The van der Waals surface area contributed by atoms with Crippen LogP contribution in [0, 0.1) is 6.92 Å². The van der Waals surface area contributed by atoms with Gasteiger partial charge in [0.05, 0.1) is 23.8 Å². The largest absolute Gasteiger partial charge is 0.496 e. The summed E-state index contributed by atoms with van der Waals surface area (Å²) in [5.41, 5.74) is 1.75. The normalized spacial score (nSPS) is 16.3. The summed E-state index contributed by atoms with van der Waals surface area (Å²) in [6, 6.07) is 12.0. The third kappa shape index (κ3) is 6.47. The van der Waals surface area contributed by atoms with Gasteiger partial charge in [0.1, 0.15) is 5.75 Å². The minimum atomic E-state index is -3.81. The number of para-hydroxylation sites is 1. The first-order valence-corrected chi connectivity index (χ1v) is 14.3. The van der Waals surface area contributed by atoms with Crippen molar-refractivity contribution in [1.29, 1.82) is 0 Å². The molecule has 0 bridgehead atoms. The molecule has 0 amide bonds. The van der Waals surface area contributed by atoms with Crippen LogP contribution in [0.3, 0.4) is 0 Å². The summed E-state index contributed by atoms with van der Waals surface area (Å²) >= 11 is 0. The topological polar surface area (TPSA) is 105 Å². The first-order valence-electron chi connectivity index (χ1n) is 11.1. The number of likely N-dealkylation sites (tertiary alicyclic amines) is 1. The van der Waals surface area contributed by atoms with Gasteiger partial charge in [0.15, 0.2) is 0 Å².